The molecule has 1 N–H and O–H groups in total. The highest BCUT2D eigenvalue weighted by atomic mass is 32.2. The van der Waals surface area contributed by atoms with Crippen LogP contribution in [0.2, 0.25) is 0 Å². The molecule has 2 rings (SSSR count). The summed E-state index contributed by atoms with van der Waals surface area (Å²) in [6.07, 6.45) is 4.22. The zero-order valence-corrected chi connectivity index (χ0v) is 11.5. The molecular formula is C12H24N2O2S. The van der Waals surface area contributed by atoms with Crippen LogP contribution in [0.25, 0.3) is 0 Å². The van der Waals surface area contributed by atoms with Gasteiger partial charge in [-0.2, -0.15) is 0 Å². The molecule has 0 radical (unpaired) electrons. The Morgan fingerprint density at radius 3 is 2.88 bits per heavy atom. The topological polar surface area (TPSA) is 49.4 Å². The highest BCUT2D eigenvalue weighted by molar-refractivity contribution is 7.91. The van der Waals surface area contributed by atoms with Crippen LogP contribution >= 0.6 is 0 Å². The maximum atomic E-state index is 11.6. The van der Waals surface area contributed by atoms with Gasteiger partial charge >= 0.3 is 0 Å². The van der Waals surface area contributed by atoms with Crippen LogP contribution in [0, 0.1) is 0 Å². The molecule has 2 atom stereocenters. The molecule has 2 fully saturated rings. The zero-order valence-electron chi connectivity index (χ0n) is 10.7. The lowest BCUT2D eigenvalue weighted by atomic mass is 10.1. The second-order valence-electron chi connectivity index (χ2n) is 5.35. The quantitative estimate of drug-likeness (QED) is 0.806. The van der Waals surface area contributed by atoms with Gasteiger partial charge < -0.3 is 5.32 Å². The molecule has 0 bridgehead atoms. The molecule has 17 heavy (non-hydrogen) atoms. The van der Waals surface area contributed by atoms with E-state index in [1.54, 1.807) is 0 Å². The summed E-state index contributed by atoms with van der Waals surface area (Å²) in [5.41, 5.74) is 0. The molecule has 0 amide bonds. The van der Waals surface area contributed by atoms with Gasteiger partial charge in [-0.25, -0.2) is 8.42 Å². The lowest BCUT2D eigenvalue weighted by Gasteiger charge is -2.30. The smallest absolute Gasteiger partial charge is 0.151 e. The summed E-state index contributed by atoms with van der Waals surface area (Å²) in [6, 6.07) is 0.849. The molecule has 0 aliphatic carbocycles. The third-order valence-electron chi connectivity index (χ3n) is 3.86. The molecule has 2 saturated heterocycles. The molecule has 2 heterocycles. The highest BCUT2D eigenvalue weighted by Gasteiger charge is 2.33. The fourth-order valence-electron chi connectivity index (χ4n) is 2.92. The second-order valence-corrected chi connectivity index (χ2v) is 7.57. The van der Waals surface area contributed by atoms with E-state index in [4.69, 9.17) is 0 Å². The van der Waals surface area contributed by atoms with Gasteiger partial charge in [0.2, 0.25) is 0 Å². The van der Waals surface area contributed by atoms with Gasteiger partial charge in [0, 0.05) is 25.2 Å². The van der Waals surface area contributed by atoms with E-state index in [2.05, 4.69) is 17.1 Å². The summed E-state index contributed by atoms with van der Waals surface area (Å²) in [6.45, 7) is 5.33. The minimum absolute atomic E-state index is 0.280. The molecule has 2 aliphatic rings. The molecule has 0 saturated carbocycles. The predicted octanol–water partition coefficient (Wildman–Crippen LogP) is 0.638. The Morgan fingerprint density at radius 2 is 2.18 bits per heavy atom. The summed E-state index contributed by atoms with van der Waals surface area (Å²) in [7, 11) is -2.77. The van der Waals surface area contributed by atoms with Crippen LogP contribution in [-0.4, -0.2) is 56.5 Å². The molecule has 0 aromatic rings. The van der Waals surface area contributed by atoms with Gasteiger partial charge in [-0.1, -0.05) is 6.92 Å². The maximum absolute atomic E-state index is 11.6. The number of nitrogens with one attached hydrogen (secondary N) is 1. The lowest BCUT2D eigenvalue weighted by molar-refractivity contribution is 0.237. The molecule has 4 nitrogen and oxygen atoms in total. The van der Waals surface area contributed by atoms with Gasteiger partial charge in [0.25, 0.3) is 0 Å². The van der Waals surface area contributed by atoms with Gasteiger partial charge in [0.1, 0.15) is 0 Å². The fourth-order valence-corrected chi connectivity index (χ4v) is 4.66. The van der Waals surface area contributed by atoms with Crippen LogP contribution in [0.1, 0.15) is 32.6 Å². The number of sulfone groups is 1. The van der Waals surface area contributed by atoms with Crippen LogP contribution in [-0.2, 0) is 9.84 Å². The molecule has 0 aromatic heterocycles. The third-order valence-corrected chi connectivity index (χ3v) is 5.66. The summed E-state index contributed by atoms with van der Waals surface area (Å²) in [5.74, 6) is 0.780. The average molecular weight is 260 g/mol. The van der Waals surface area contributed by atoms with Crippen LogP contribution in [0.3, 0.4) is 0 Å². The van der Waals surface area contributed by atoms with Crippen LogP contribution in [0.5, 0.6) is 0 Å². The lowest BCUT2D eigenvalue weighted by Crippen LogP contribution is -2.44. The standard InChI is InChI=1S/C12H24N2O2S/c1-2-6-13-11-5-7-14(9-11)12-4-3-8-17(15,16)10-12/h11-13H,2-10H2,1H3. The number of hydrogen-bond acceptors (Lipinski definition) is 4. The number of likely N-dealkylation sites (tertiary alicyclic amines) is 1. The van der Waals surface area contributed by atoms with Crippen molar-refractivity contribution in [1.29, 1.82) is 0 Å². The number of nitrogens with zero attached hydrogens (tertiary/aromatic N) is 1. The molecular weight excluding hydrogens is 236 g/mol. The Bertz CT molecular complexity index is 342. The van der Waals surface area contributed by atoms with E-state index >= 15 is 0 Å². The summed E-state index contributed by atoms with van der Waals surface area (Å²) < 4.78 is 23.3. The van der Waals surface area contributed by atoms with Crippen LogP contribution < -0.4 is 5.32 Å². The van der Waals surface area contributed by atoms with Gasteiger partial charge in [-0.3, -0.25) is 4.90 Å². The Kier molecular flexibility index (Phi) is 4.44. The van der Waals surface area contributed by atoms with E-state index in [1.807, 2.05) is 0 Å². The van der Waals surface area contributed by atoms with Crippen molar-refractivity contribution < 1.29 is 8.42 Å². The Balaban J connectivity index is 1.83. The largest absolute Gasteiger partial charge is 0.313 e. The Hall–Kier alpha value is -0.130. The first kappa shape index (κ1) is 13.3. The SMILES string of the molecule is CCCNC1CCN(C2CCCS(=O)(=O)C2)C1. The van der Waals surface area contributed by atoms with Crippen molar-refractivity contribution in [2.75, 3.05) is 31.1 Å². The highest BCUT2D eigenvalue weighted by Crippen LogP contribution is 2.21. The van der Waals surface area contributed by atoms with Gasteiger partial charge in [0.15, 0.2) is 9.84 Å². The van der Waals surface area contributed by atoms with Crippen molar-refractivity contribution in [3.8, 4) is 0 Å². The summed E-state index contributed by atoms with van der Waals surface area (Å²) in [5, 5.41) is 3.53. The predicted molar refractivity (Wildman–Crippen MR) is 69.9 cm³/mol. The molecule has 5 heteroatoms. The van der Waals surface area contributed by atoms with Crippen molar-refractivity contribution in [2.45, 2.75) is 44.7 Å². The third kappa shape index (κ3) is 3.66. The molecule has 0 spiro atoms. The van der Waals surface area contributed by atoms with E-state index in [-0.39, 0.29) is 6.04 Å². The first-order valence-corrected chi connectivity index (χ1v) is 8.61. The van der Waals surface area contributed by atoms with E-state index in [1.165, 1.54) is 0 Å². The second kappa shape index (κ2) is 5.67. The van der Waals surface area contributed by atoms with Crippen LogP contribution in [0.4, 0.5) is 0 Å². The van der Waals surface area contributed by atoms with E-state index < -0.39 is 9.84 Å². The van der Waals surface area contributed by atoms with E-state index in [0.29, 0.717) is 17.5 Å². The van der Waals surface area contributed by atoms with Crippen molar-refractivity contribution in [1.82, 2.24) is 10.2 Å². The first-order valence-electron chi connectivity index (χ1n) is 6.78. The van der Waals surface area contributed by atoms with Gasteiger partial charge in [0.05, 0.1) is 11.5 Å². The maximum Gasteiger partial charge on any atom is 0.151 e. The Morgan fingerprint density at radius 1 is 1.35 bits per heavy atom. The number of hydrogen-bond donors (Lipinski definition) is 1. The summed E-state index contributed by atoms with van der Waals surface area (Å²) in [4.78, 5) is 2.38. The first-order chi connectivity index (χ1) is 8.11. The molecule has 100 valence electrons. The van der Waals surface area contributed by atoms with E-state index in [9.17, 15) is 8.42 Å². The van der Waals surface area contributed by atoms with Gasteiger partial charge in [-0.15, -0.1) is 0 Å². The zero-order chi connectivity index (χ0) is 12.3. The molecule has 2 aliphatic heterocycles. The minimum atomic E-state index is -2.77. The van der Waals surface area contributed by atoms with Gasteiger partial charge in [-0.05, 0) is 32.2 Å². The average Bonchev–Trinajstić information content (AvgIpc) is 2.73. The van der Waals surface area contributed by atoms with Crippen LogP contribution in [0.15, 0.2) is 0 Å². The monoisotopic (exact) mass is 260 g/mol. The van der Waals surface area contributed by atoms with E-state index in [0.717, 1.165) is 45.3 Å². The molecule has 0 aromatic carbocycles. The Labute approximate surface area is 105 Å². The van der Waals surface area contributed by atoms with Crippen molar-refractivity contribution in [3.05, 3.63) is 0 Å². The summed E-state index contributed by atoms with van der Waals surface area (Å²) >= 11 is 0. The fraction of sp³-hybridized carbons (Fsp3) is 1.00. The van der Waals surface area contributed by atoms with Crippen molar-refractivity contribution >= 4 is 9.84 Å². The molecule has 2 unspecified atom stereocenters. The van der Waals surface area contributed by atoms with Crippen molar-refractivity contribution in [3.63, 3.8) is 0 Å². The normalized spacial score (nSPS) is 33.9. The number of rotatable bonds is 4. The van der Waals surface area contributed by atoms with Crippen molar-refractivity contribution in [2.24, 2.45) is 0 Å². The minimum Gasteiger partial charge on any atom is -0.313 e.